The Labute approximate surface area is 135 Å². The number of aliphatic hydroxyl groups excluding tert-OH is 2. The van der Waals surface area contributed by atoms with Crippen LogP contribution < -0.4 is 0 Å². The van der Waals surface area contributed by atoms with Gasteiger partial charge in [-0.2, -0.15) is 0 Å². The van der Waals surface area contributed by atoms with Gasteiger partial charge >= 0.3 is 0 Å². The second-order valence-electron chi connectivity index (χ2n) is 9.44. The Balaban J connectivity index is 1.78. The molecule has 0 aromatic rings. The molecule has 0 aromatic carbocycles. The molecule has 4 aliphatic rings. The van der Waals surface area contributed by atoms with E-state index in [9.17, 15) is 10.2 Å². The van der Waals surface area contributed by atoms with Crippen molar-refractivity contribution in [3.63, 3.8) is 0 Å². The van der Waals surface area contributed by atoms with Crippen LogP contribution in [0.5, 0.6) is 0 Å². The molecule has 3 saturated carbocycles. The van der Waals surface area contributed by atoms with Gasteiger partial charge in [0.25, 0.3) is 0 Å². The van der Waals surface area contributed by atoms with Crippen LogP contribution in [0.3, 0.4) is 0 Å². The molecule has 2 bridgehead atoms. The van der Waals surface area contributed by atoms with Gasteiger partial charge in [0.1, 0.15) is 0 Å². The van der Waals surface area contributed by atoms with Crippen LogP contribution in [0.2, 0.25) is 0 Å². The molecule has 0 aliphatic heterocycles. The van der Waals surface area contributed by atoms with Gasteiger partial charge in [-0.3, -0.25) is 0 Å². The summed E-state index contributed by atoms with van der Waals surface area (Å²) in [6.07, 6.45) is 10.8. The molecular formula is C20H32O2. The predicted octanol–water partition coefficient (Wildman–Crippen LogP) is 3.92. The molecule has 2 N–H and O–H groups in total. The zero-order valence-electron chi connectivity index (χ0n) is 14.4. The van der Waals surface area contributed by atoms with E-state index < -0.39 is 0 Å². The molecule has 4 rings (SSSR count). The Hall–Kier alpha value is -0.340. The molecule has 22 heavy (non-hydrogen) atoms. The van der Waals surface area contributed by atoms with Crippen LogP contribution in [-0.2, 0) is 0 Å². The Morgan fingerprint density at radius 1 is 1.09 bits per heavy atom. The van der Waals surface area contributed by atoms with Crippen molar-refractivity contribution in [3.05, 3.63) is 11.6 Å². The molecule has 1 spiro atoms. The predicted molar refractivity (Wildman–Crippen MR) is 88.3 cm³/mol. The lowest BCUT2D eigenvalue weighted by molar-refractivity contribution is -0.181. The van der Waals surface area contributed by atoms with Crippen molar-refractivity contribution in [2.24, 2.45) is 34.0 Å². The van der Waals surface area contributed by atoms with E-state index in [-0.39, 0.29) is 16.9 Å². The summed E-state index contributed by atoms with van der Waals surface area (Å²) in [4.78, 5) is 0. The molecule has 0 amide bonds. The van der Waals surface area contributed by atoms with Crippen molar-refractivity contribution in [2.45, 2.75) is 71.8 Å². The summed E-state index contributed by atoms with van der Waals surface area (Å²) in [5, 5.41) is 21.1. The maximum absolute atomic E-state index is 11.1. The fourth-order valence-corrected chi connectivity index (χ4v) is 7.58. The van der Waals surface area contributed by atoms with Crippen LogP contribution >= 0.6 is 0 Å². The summed E-state index contributed by atoms with van der Waals surface area (Å²) in [6, 6.07) is 0. The van der Waals surface area contributed by atoms with E-state index in [2.05, 4.69) is 26.8 Å². The third kappa shape index (κ3) is 1.64. The lowest BCUT2D eigenvalue weighted by Gasteiger charge is -2.64. The molecule has 7 atom stereocenters. The van der Waals surface area contributed by atoms with Gasteiger partial charge in [-0.25, -0.2) is 0 Å². The van der Waals surface area contributed by atoms with Gasteiger partial charge in [0.2, 0.25) is 0 Å². The molecule has 0 heterocycles. The molecule has 3 fully saturated rings. The van der Waals surface area contributed by atoms with Crippen LogP contribution in [0.25, 0.3) is 0 Å². The van der Waals surface area contributed by atoms with Gasteiger partial charge in [-0.1, -0.05) is 31.9 Å². The summed E-state index contributed by atoms with van der Waals surface area (Å²) in [7, 11) is 0. The van der Waals surface area contributed by atoms with Crippen LogP contribution in [-0.4, -0.2) is 22.9 Å². The second-order valence-corrected chi connectivity index (χ2v) is 9.44. The summed E-state index contributed by atoms with van der Waals surface area (Å²) in [5.74, 6) is 1.64. The Bertz CT molecular complexity index is 512. The van der Waals surface area contributed by atoms with Gasteiger partial charge in [-0.05, 0) is 68.1 Å². The number of rotatable bonds is 1. The van der Waals surface area contributed by atoms with E-state index in [1.165, 1.54) is 37.7 Å². The molecule has 1 unspecified atom stereocenters. The molecule has 2 heteroatoms. The normalized spacial score (nSPS) is 57.0. The van der Waals surface area contributed by atoms with E-state index in [1.807, 2.05) is 0 Å². The average molecular weight is 304 g/mol. The Kier molecular flexibility index (Phi) is 3.18. The summed E-state index contributed by atoms with van der Waals surface area (Å²) in [5.41, 5.74) is 1.87. The first-order valence-corrected chi connectivity index (χ1v) is 9.36. The van der Waals surface area contributed by atoms with Crippen molar-refractivity contribution in [2.75, 3.05) is 6.61 Å². The first kappa shape index (κ1) is 15.2. The largest absolute Gasteiger partial charge is 0.396 e. The van der Waals surface area contributed by atoms with Crippen LogP contribution in [0.1, 0.15) is 65.7 Å². The monoisotopic (exact) mass is 304 g/mol. The highest BCUT2D eigenvalue weighted by Gasteiger charge is 2.65. The van der Waals surface area contributed by atoms with Crippen molar-refractivity contribution < 1.29 is 10.2 Å². The van der Waals surface area contributed by atoms with E-state index in [0.29, 0.717) is 29.8 Å². The van der Waals surface area contributed by atoms with Crippen molar-refractivity contribution >= 4 is 0 Å². The minimum atomic E-state index is -0.147. The van der Waals surface area contributed by atoms with E-state index in [4.69, 9.17) is 0 Å². The maximum atomic E-state index is 11.1. The lowest BCUT2D eigenvalue weighted by atomic mass is 9.40. The summed E-state index contributed by atoms with van der Waals surface area (Å²) in [6.45, 7) is 7.36. The zero-order chi connectivity index (χ0) is 15.8. The summed E-state index contributed by atoms with van der Waals surface area (Å²) < 4.78 is 0. The molecular weight excluding hydrogens is 272 g/mol. The highest BCUT2D eigenvalue weighted by molar-refractivity contribution is 5.30. The molecule has 2 nitrogen and oxygen atoms in total. The highest BCUT2D eigenvalue weighted by Crippen LogP contribution is 2.70. The Morgan fingerprint density at radius 3 is 2.59 bits per heavy atom. The highest BCUT2D eigenvalue weighted by atomic mass is 16.3. The van der Waals surface area contributed by atoms with Gasteiger partial charge < -0.3 is 10.2 Å². The van der Waals surface area contributed by atoms with Crippen LogP contribution in [0, 0.1) is 34.0 Å². The minimum Gasteiger partial charge on any atom is -0.396 e. The third-order valence-corrected chi connectivity index (χ3v) is 8.55. The molecule has 0 aromatic heterocycles. The summed E-state index contributed by atoms with van der Waals surface area (Å²) >= 11 is 0. The van der Waals surface area contributed by atoms with Crippen molar-refractivity contribution in [1.82, 2.24) is 0 Å². The van der Waals surface area contributed by atoms with Gasteiger partial charge in [-0.15, -0.1) is 0 Å². The first-order chi connectivity index (χ1) is 10.4. The maximum Gasteiger partial charge on any atom is 0.0698 e. The first-order valence-electron chi connectivity index (χ1n) is 9.36. The average Bonchev–Trinajstić information content (AvgIpc) is 2.62. The molecule has 0 radical (unpaired) electrons. The SMILES string of the molecule is CC1=C[C@@]23CC[C@@H]4[C@@](C)(CO)CCC[C@@]4(C)[C@@H]2CC[C@H]1C3O. The smallest absolute Gasteiger partial charge is 0.0698 e. The Morgan fingerprint density at radius 2 is 1.86 bits per heavy atom. The molecule has 4 aliphatic carbocycles. The number of hydrogen-bond donors (Lipinski definition) is 2. The minimum absolute atomic E-state index is 0.0476. The second kappa shape index (κ2) is 4.60. The third-order valence-electron chi connectivity index (χ3n) is 8.55. The number of fused-ring (bicyclic) bond motifs is 3. The van der Waals surface area contributed by atoms with E-state index in [0.717, 1.165) is 12.8 Å². The fourth-order valence-electron chi connectivity index (χ4n) is 7.58. The van der Waals surface area contributed by atoms with E-state index in [1.54, 1.807) is 0 Å². The number of aliphatic hydroxyl groups is 2. The molecule has 0 saturated heterocycles. The molecule has 124 valence electrons. The van der Waals surface area contributed by atoms with Gasteiger partial charge in [0, 0.05) is 17.9 Å². The van der Waals surface area contributed by atoms with Gasteiger partial charge in [0.15, 0.2) is 0 Å². The lowest BCUT2D eigenvalue weighted by Crippen LogP contribution is -2.60. The standard InChI is InChI=1S/C20H32O2/c1-13-11-20-10-7-15-18(2,12-21)8-4-9-19(15,3)16(20)6-5-14(13)17(20)22/h11,14-17,21-22H,4-10,12H2,1-3H3/t14-,15-,16+,17?,18-,19-,20+/m1/s1. The topological polar surface area (TPSA) is 40.5 Å². The quantitative estimate of drug-likeness (QED) is 0.721. The zero-order valence-corrected chi connectivity index (χ0v) is 14.4. The van der Waals surface area contributed by atoms with E-state index >= 15 is 0 Å². The van der Waals surface area contributed by atoms with Crippen molar-refractivity contribution in [3.8, 4) is 0 Å². The van der Waals surface area contributed by atoms with Crippen LogP contribution in [0.4, 0.5) is 0 Å². The van der Waals surface area contributed by atoms with Crippen LogP contribution in [0.15, 0.2) is 11.6 Å². The number of hydrogen-bond acceptors (Lipinski definition) is 2. The van der Waals surface area contributed by atoms with Crippen molar-refractivity contribution in [1.29, 1.82) is 0 Å². The van der Waals surface area contributed by atoms with Gasteiger partial charge in [0.05, 0.1) is 6.10 Å². The fraction of sp³-hybridized carbons (Fsp3) is 0.900.